The average molecular weight is 438 g/mol. The van der Waals surface area contributed by atoms with Crippen molar-refractivity contribution in [2.24, 2.45) is 5.92 Å². The zero-order valence-electron chi connectivity index (χ0n) is 18.5. The predicted molar refractivity (Wildman–Crippen MR) is 122 cm³/mol. The number of hydrogen-bond donors (Lipinski definition) is 3. The third-order valence-corrected chi connectivity index (χ3v) is 6.22. The Hall–Kier alpha value is -3.00. The third-order valence-electron chi connectivity index (χ3n) is 6.22. The third kappa shape index (κ3) is 5.43. The molecule has 5 heterocycles. The van der Waals surface area contributed by atoms with E-state index in [1.807, 2.05) is 6.07 Å². The fourth-order valence-electron chi connectivity index (χ4n) is 4.71. The Morgan fingerprint density at radius 1 is 1.16 bits per heavy atom. The number of rotatable bonds is 4. The molecule has 2 atom stereocenters. The van der Waals surface area contributed by atoms with Gasteiger partial charge in [0, 0.05) is 44.6 Å². The van der Waals surface area contributed by atoms with Crippen LogP contribution < -0.4 is 15.5 Å². The molecule has 8 heteroatoms. The molecule has 0 saturated carbocycles. The molecule has 6 rings (SSSR count). The number of carboxylic acids is 1. The maximum atomic E-state index is 12.5. The summed E-state index contributed by atoms with van der Waals surface area (Å²) in [6.07, 6.45) is 4.96. The van der Waals surface area contributed by atoms with Crippen molar-refractivity contribution in [1.82, 2.24) is 20.6 Å². The number of piperidine rings is 1. The molecule has 32 heavy (non-hydrogen) atoms. The van der Waals surface area contributed by atoms with Crippen LogP contribution >= 0.6 is 0 Å². The minimum Gasteiger partial charge on any atom is -0.481 e. The minimum absolute atomic E-state index is 0.0539. The molecule has 3 saturated heterocycles. The number of aliphatic carboxylic acids is 1. The van der Waals surface area contributed by atoms with Crippen molar-refractivity contribution in [3.63, 3.8) is 0 Å². The summed E-state index contributed by atoms with van der Waals surface area (Å²) in [4.78, 5) is 33.6. The molecule has 2 bridgehead atoms. The number of benzene rings is 1. The Balaban J connectivity index is 0.000000567. The molecule has 4 aliphatic heterocycles. The van der Waals surface area contributed by atoms with Crippen LogP contribution in [0.4, 0.5) is 5.82 Å². The zero-order chi connectivity index (χ0) is 22.5. The van der Waals surface area contributed by atoms with Gasteiger partial charge in [-0.25, -0.2) is 9.97 Å². The molecule has 3 N–H and O–H groups in total. The summed E-state index contributed by atoms with van der Waals surface area (Å²) in [5, 5.41) is 14.0. The van der Waals surface area contributed by atoms with Crippen LogP contribution in [0.2, 0.25) is 0 Å². The zero-order valence-corrected chi connectivity index (χ0v) is 18.5. The summed E-state index contributed by atoms with van der Waals surface area (Å²) >= 11 is 0. The van der Waals surface area contributed by atoms with E-state index < -0.39 is 5.97 Å². The second-order valence-corrected chi connectivity index (χ2v) is 8.75. The van der Waals surface area contributed by atoms with Gasteiger partial charge in [-0.2, -0.15) is 0 Å². The molecule has 0 aliphatic carbocycles. The van der Waals surface area contributed by atoms with Gasteiger partial charge in [0.2, 0.25) is 0 Å². The number of amides is 1. The maximum absolute atomic E-state index is 12.5. The van der Waals surface area contributed by atoms with Gasteiger partial charge in [0.05, 0.1) is 0 Å². The molecule has 2 aromatic rings. The van der Waals surface area contributed by atoms with Crippen LogP contribution in [0.5, 0.6) is 0 Å². The molecule has 3 fully saturated rings. The van der Waals surface area contributed by atoms with E-state index in [0.29, 0.717) is 24.2 Å². The van der Waals surface area contributed by atoms with Gasteiger partial charge in [0.15, 0.2) is 0 Å². The van der Waals surface area contributed by atoms with Crippen molar-refractivity contribution >= 4 is 17.7 Å². The summed E-state index contributed by atoms with van der Waals surface area (Å²) in [5.41, 5.74) is 2.89. The van der Waals surface area contributed by atoms with E-state index in [1.54, 1.807) is 0 Å². The quantitative estimate of drug-likeness (QED) is 0.670. The lowest BCUT2D eigenvalue weighted by Gasteiger charge is -2.28. The topological polar surface area (TPSA) is 107 Å². The van der Waals surface area contributed by atoms with Crippen LogP contribution in [-0.2, 0) is 24.1 Å². The second kappa shape index (κ2) is 10.1. The Bertz CT molecular complexity index is 940. The van der Waals surface area contributed by atoms with E-state index in [4.69, 9.17) is 14.9 Å². The lowest BCUT2D eigenvalue weighted by atomic mass is 9.97. The molecule has 1 amide bonds. The fraction of sp³-hybridized carbons (Fsp3) is 0.500. The second-order valence-electron chi connectivity index (χ2n) is 8.75. The first kappa shape index (κ1) is 22.2. The highest BCUT2D eigenvalue weighted by molar-refractivity contribution is 5.96. The van der Waals surface area contributed by atoms with Gasteiger partial charge in [0.1, 0.15) is 17.3 Å². The fourth-order valence-corrected chi connectivity index (χ4v) is 4.71. The first-order chi connectivity index (χ1) is 15.5. The molecule has 170 valence electrons. The number of carboxylic acid groups (broad SMARTS) is 1. The first-order valence-electron chi connectivity index (χ1n) is 11.4. The van der Waals surface area contributed by atoms with E-state index in [2.05, 4.69) is 44.8 Å². The molecule has 1 aromatic carbocycles. The van der Waals surface area contributed by atoms with E-state index in [9.17, 15) is 4.79 Å². The standard InChI is InChI=1S/C22H27N5O.C2H4O2/c28-22-20-18(10-11-23-22)21(27-13-16-6-8-17(14-27)24-12-16)26-19(25-20)9-7-15-4-2-1-3-5-15;1-2(3)4/h1-5,16-17,24H,6-14H2,(H,23,28);1H3,(H,3,4)/t16-,17-;/m0./s1. The van der Waals surface area contributed by atoms with E-state index >= 15 is 0 Å². The summed E-state index contributed by atoms with van der Waals surface area (Å²) in [7, 11) is 0. The summed E-state index contributed by atoms with van der Waals surface area (Å²) in [6.45, 7) is 4.84. The summed E-state index contributed by atoms with van der Waals surface area (Å²) < 4.78 is 0. The van der Waals surface area contributed by atoms with Gasteiger partial charge >= 0.3 is 0 Å². The Morgan fingerprint density at radius 3 is 2.66 bits per heavy atom. The average Bonchev–Trinajstić information content (AvgIpc) is 3.12. The number of hydrogen-bond acceptors (Lipinski definition) is 6. The van der Waals surface area contributed by atoms with Crippen LogP contribution in [0.3, 0.4) is 0 Å². The van der Waals surface area contributed by atoms with Crippen molar-refractivity contribution < 1.29 is 14.7 Å². The van der Waals surface area contributed by atoms with E-state index in [0.717, 1.165) is 63.0 Å². The molecular weight excluding hydrogens is 406 g/mol. The highest BCUT2D eigenvalue weighted by Crippen LogP contribution is 2.30. The number of fused-ring (bicyclic) bond motifs is 5. The lowest BCUT2D eigenvalue weighted by Crippen LogP contribution is -2.40. The molecule has 8 nitrogen and oxygen atoms in total. The Kier molecular flexibility index (Phi) is 6.99. The van der Waals surface area contributed by atoms with Gasteiger partial charge in [-0.3, -0.25) is 9.59 Å². The highest BCUT2D eigenvalue weighted by Gasteiger charge is 2.33. The SMILES string of the molecule is CC(=O)O.O=C1NCCc2c1nc(CCc1ccccc1)nc2N1C[C@H]2CC[C@@H](C1)NC2. The monoisotopic (exact) mass is 437 g/mol. The number of carbonyl (C=O) groups excluding carboxylic acids is 1. The van der Waals surface area contributed by atoms with Crippen LogP contribution in [0, 0.1) is 5.92 Å². The molecule has 0 radical (unpaired) electrons. The van der Waals surface area contributed by atoms with Crippen molar-refractivity contribution in [2.45, 2.75) is 45.1 Å². The van der Waals surface area contributed by atoms with Crippen molar-refractivity contribution in [2.75, 3.05) is 31.1 Å². The van der Waals surface area contributed by atoms with Gasteiger partial charge in [-0.05, 0) is 43.7 Å². The number of aryl methyl sites for hydroxylation is 2. The Morgan fingerprint density at radius 2 is 1.94 bits per heavy atom. The normalized spacial score (nSPS) is 21.7. The minimum atomic E-state index is -0.833. The van der Waals surface area contributed by atoms with Crippen molar-refractivity contribution in [1.29, 1.82) is 0 Å². The van der Waals surface area contributed by atoms with Gasteiger partial charge in [-0.1, -0.05) is 30.3 Å². The summed E-state index contributed by atoms with van der Waals surface area (Å²) in [6, 6.07) is 10.9. The molecular formula is C24H31N5O3. The Labute approximate surface area is 188 Å². The number of nitrogens with one attached hydrogen (secondary N) is 2. The molecule has 0 spiro atoms. The number of carbonyl (C=O) groups is 2. The van der Waals surface area contributed by atoms with Gasteiger partial charge in [0.25, 0.3) is 11.9 Å². The first-order valence-corrected chi connectivity index (χ1v) is 11.4. The van der Waals surface area contributed by atoms with Crippen LogP contribution in [0.25, 0.3) is 0 Å². The van der Waals surface area contributed by atoms with Crippen molar-refractivity contribution in [3.8, 4) is 0 Å². The number of nitrogens with zero attached hydrogens (tertiary/aromatic N) is 3. The molecule has 1 aromatic heterocycles. The van der Waals surface area contributed by atoms with E-state index in [-0.39, 0.29) is 5.91 Å². The lowest BCUT2D eigenvalue weighted by molar-refractivity contribution is -0.134. The molecule has 4 aliphatic rings. The van der Waals surface area contributed by atoms with Crippen LogP contribution in [-0.4, -0.2) is 59.2 Å². The summed E-state index contributed by atoms with van der Waals surface area (Å²) in [5.74, 6) is 1.55. The highest BCUT2D eigenvalue weighted by atomic mass is 16.4. The number of anilines is 1. The van der Waals surface area contributed by atoms with Crippen LogP contribution in [0.1, 0.15) is 47.2 Å². The smallest absolute Gasteiger partial charge is 0.300 e. The molecule has 0 unspecified atom stereocenters. The maximum Gasteiger partial charge on any atom is 0.300 e. The van der Waals surface area contributed by atoms with Crippen LogP contribution in [0.15, 0.2) is 30.3 Å². The largest absolute Gasteiger partial charge is 0.481 e. The van der Waals surface area contributed by atoms with Gasteiger partial charge in [-0.15, -0.1) is 0 Å². The van der Waals surface area contributed by atoms with Gasteiger partial charge < -0.3 is 20.6 Å². The predicted octanol–water partition coefficient (Wildman–Crippen LogP) is 1.83. The van der Waals surface area contributed by atoms with Crippen molar-refractivity contribution in [3.05, 3.63) is 53.0 Å². The van der Waals surface area contributed by atoms with E-state index in [1.165, 1.54) is 18.4 Å². The number of aromatic nitrogens is 2.